The standard InChI is InChI=1S/C28H24N4O2S/c1-34-23-10-8-20(9-11-23)24-17-35-27-25(24)26(29-18-30-27)31-12-14-32(15-13-31)28(33)22-7-6-19-4-2-3-5-21(19)16-22/h2-11,16-18H,12-15H2,1H3. The molecule has 3 aromatic carbocycles. The van der Waals surface area contributed by atoms with Crippen LogP contribution in [0.15, 0.2) is 78.4 Å². The molecule has 35 heavy (non-hydrogen) atoms. The number of benzene rings is 3. The molecule has 7 heteroatoms. The van der Waals surface area contributed by atoms with E-state index < -0.39 is 0 Å². The number of hydrogen-bond acceptors (Lipinski definition) is 6. The largest absolute Gasteiger partial charge is 0.497 e. The van der Waals surface area contributed by atoms with Crippen LogP contribution in [-0.2, 0) is 0 Å². The highest BCUT2D eigenvalue weighted by Crippen LogP contribution is 2.38. The van der Waals surface area contributed by atoms with E-state index in [9.17, 15) is 4.79 Å². The van der Waals surface area contributed by atoms with Crippen molar-refractivity contribution in [3.05, 3.63) is 84.0 Å². The summed E-state index contributed by atoms with van der Waals surface area (Å²) in [6.07, 6.45) is 1.64. The first-order valence-corrected chi connectivity index (χ1v) is 12.5. The minimum Gasteiger partial charge on any atom is -0.497 e. The van der Waals surface area contributed by atoms with Gasteiger partial charge >= 0.3 is 0 Å². The summed E-state index contributed by atoms with van der Waals surface area (Å²) in [5, 5.41) is 5.44. The lowest BCUT2D eigenvalue weighted by molar-refractivity contribution is 0.0747. The van der Waals surface area contributed by atoms with Gasteiger partial charge in [-0.2, -0.15) is 0 Å². The number of nitrogens with zero attached hydrogens (tertiary/aromatic N) is 4. The van der Waals surface area contributed by atoms with Gasteiger partial charge in [0.2, 0.25) is 0 Å². The number of piperazine rings is 1. The molecule has 1 aliphatic rings. The molecule has 3 heterocycles. The zero-order valence-corrected chi connectivity index (χ0v) is 20.2. The Balaban J connectivity index is 1.24. The Morgan fingerprint density at radius 1 is 0.914 bits per heavy atom. The molecule has 5 aromatic rings. The number of carbonyl (C=O) groups excluding carboxylic acids is 1. The van der Waals surface area contributed by atoms with Gasteiger partial charge in [0, 0.05) is 42.7 Å². The molecule has 1 aliphatic heterocycles. The van der Waals surface area contributed by atoms with Gasteiger partial charge in [0.25, 0.3) is 5.91 Å². The Morgan fingerprint density at radius 2 is 1.69 bits per heavy atom. The maximum atomic E-state index is 13.2. The predicted octanol–water partition coefficient (Wildman–Crippen LogP) is 5.48. The Hall–Kier alpha value is -3.97. The first-order chi connectivity index (χ1) is 17.2. The van der Waals surface area contributed by atoms with E-state index >= 15 is 0 Å². The molecular weight excluding hydrogens is 456 g/mol. The van der Waals surface area contributed by atoms with E-state index in [-0.39, 0.29) is 5.91 Å². The fourth-order valence-corrected chi connectivity index (χ4v) is 5.62. The smallest absolute Gasteiger partial charge is 0.253 e. The number of thiophene rings is 1. The highest BCUT2D eigenvalue weighted by atomic mass is 32.1. The van der Waals surface area contributed by atoms with Gasteiger partial charge in [-0.25, -0.2) is 9.97 Å². The van der Waals surface area contributed by atoms with E-state index in [1.807, 2.05) is 53.4 Å². The average molecular weight is 481 g/mol. The molecule has 6 nitrogen and oxygen atoms in total. The highest BCUT2D eigenvalue weighted by molar-refractivity contribution is 7.17. The second-order valence-corrected chi connectivity index (χ2v) is 9.45. The lowest BCUT2D eigenvalue weighted by Crippen LogP contribution is -2.49. The second-order valence-electron chi connectivity index (χ2n) is 8.60. The van der Waals surface area contributed by atoms with Crippen LogP contribution in [0.1, 0.15) is 10.4 Å². The minimum absolute atomic E-state index is 0.0812. The van der Waals surface area contributed by atoms with Crippen LogP contribution in [0.3, 0.4) is 0 Å². The van der Waals surface area contributed by atoms with E-state index in [1.165, 1.54) is 0 Å². The average Bonchev–Trinajstić information content (AvgIpc) is 3.37. The van der Waals surface area contributed by atoms with Crippen LogP contribution in [0.4, 0.5) is 5.82 Å². The summed E-state index contributed by atoms with van der Waals surface area (Å²) in [6.45, 7) is 2.75. The van der Waals surface area contributed by atoms with E-state index in [2.05, 4.69) is 38.4 Å². The Labute approximate surface area is 207 Å². The summed E-state index contributed by atoms with van der Waals surface area (Å²) in [5.41, 5.74) is 2.97. The fourth-order valence-electron chi connectivity index (χ4n) is 4.71. The lowest BCUT2D eigenvalue weighted by atomic mass is 10.1. The van der Waals surface area contributed by atoms with Crippen molar-refractivity contribution < 1.29 is 9.53 Å². The van der Waals surface area contributed by atoms with Crippen molar-refractivity contribution in [1.29, 1.82) is 0 Å². The highest BCUT2D eigenvalue weighted by Gasteiger charge is 2.25. The normalized spacial score (nSPS) is 14.0. The molecule has 0 bridgehead atoms. The Bertz CT molecular complexity index is 1520. The van der Waals surface area contributed by atoms with Gasteiger partial charge in [0.1, 0.15) is 22.7 Å². The number of amides is 1. The topological polar surface area (TPSA) is 58.6 Å². The number of ether oxygens (including phenoxy) is 1. The van der Waals surface area contributed by atoms with E-state index in [4.69, 9.17) is 4.74 Å². The van der Waals surface area contributed by atoms with Crippen LogP contribution in [-0.4, -0.2) is 54.1 Å². The molecule has 2 aromatic heterocycles. The monoisotopic (exact) mass is 480 g/mol. The summed E-state index contributed by atoms with van der Waals surface area (Å²) in [5.74, 6) is 1.84. The maximum Gasteiger partial charge on any atom is 0.253 e. The van der Waals surface area contributed by atoms with Crippen LogP contribution in [0, 0.1) is 0 Å². The zero-order valence-electron chi connectivity index (χ0n) is 19.3. The molecule has 0 radical (unpaired) electrons. The third kappa shape index (κ3) is 3.98. The molecule has 0 atom stereocenters. The number of fused-ring (bicyclic) bond motifs is 2. The van der Waals surface area contributed by atoms with Crippen molar-refractivity contribution in [2.24, 2.45) is 0 Å². The van der Waals surface area contributed by atoms with E-state index in [1.54, 1.807) is 24.8 Å². The molecule has 0 unspecified atom stereocenters. The van der Waals surface area contributed by atoms with Crippen molar-refractivity contribution in [3.8, 4) is 16.9 Å². The van der Waals surface area contributed by atoms with Crippen LogP contribution >= 0.6 is 11.3 Å². The number of carbonyl (C=O) groups is 1. The number of hydrogen-bond donors (Lipinski definition) is 0. The van der Waals surface area contributed by atoms with Crippen LogP contribution in [0.25, 0.3) is 32.1 Å². The third-order valence-corrected chi connectivity index (χ3v) is 7.50. The lowest BCUT2D eigenvalue weighted by Gasteiger charge is -2.35. The molecule has 0 N–H and O–H groups in total. The van der Waals surface area contributed by atoms with Gasteiger partial charge in [-0.15, -0.1) is 11.3 Å². The molecule has 6 rings (SSSR count). The molecule has 1 saturated heterocycles. The second kappa shape index (κ2) is 9.00. The summed E-state index contributed by atoms with van der Waals surface area (Å²) in [4.78, 5) is 27.6. The summed E-state index contributed by atoms with van der Waals surface area (Å²) >= 11 is 1.63. The molecule has 0 saturated carbocycles. The number of aromatic nitrogens is 2. The first kappa shape index (κ1) is 21.6. The fraction of sp³-hybridized carbons (Fsp3) is 0.179. The molecule has 1 amide bonds. The van der Waals surface area contributed by atoms with Crippen molar-refractivity contribution in [2.75, 3.05) is 38.2 Å². The number of rotatable bonds is 4. The van der Waals surface area contributed by atoms with Gasteiger partial charge in [0.05, 0.1) is 12.5 Å². The quantitative estimate of drug-likeness (QED) is 0.341. The number of methoxy groups -OCH3 is 1. The molecular formula is C28H24N4O2S. The SMILES string of the molecule is COc1ccc(-c2csc3ncnc(N4CCN(C(=O)c5ccc6ccccc6c5)CC4)c23)cc1. The van der Waals surface area contributed by atoms with Gasteiger partial charge in [-0.05, 0) is 40.6 Å². The van der Waals surface area contributed by atoms with Gasteiger partial charge in [-0.1, -0.05) is 42.5 Å². The summed E-state index contributed by atoms with van der Waals surface area (Å²) < 4.78 is 5.31. The molecule has 174 valence electrons. The van der Waals surface area contributed by atoms with Crippen molar-refractivity contribution in [1.82, 2.24) is 14.9 Å². The van der Waals surface area contributed by atoms with Crippen molar-refractivity contribution in [3.63, 3.8) is 0 Å². The third-order valence-electron chi connectivity index (χ3n) is 6.61. The van der Waals surface area contributed by atoms with Crippen LogP contribution in [0.5, 0.6) is 5.75 Å². The summed E-state index contributed by atoms with van der Waals surface area (Å²) in [6, 6.07) is 22.1. The molecule has 1 fully saturated rings. The van der Waals surface area contributed by atoms with Gasteiger partial charge in [0.15, 0.2) is 0 Å². The predicted molar refractivity (Wildman–Crippen MR) is 141 cm³/mol. The number of anilines is 1. The molecule has 0 spiro atoms. The van der Waals surface area contributed by atoms with Crippen molar-refractivity contribution >= 4 is 44.1 Å². The Morgan fingerprint density at radius 3 is 2.46 bits per heavy atom. The Kier molecular flexibility index (Phi) is 5.54. The maximum absolute atomic E-state index is 13.2. The summed E-state index contributed by atoms with van der Waals surface area (Å²) in [7, 11) is 1.67. The minimum atomic E-state index is 0.0812. The van der Waals surface area contributed by atoms with Gasteiger partial charge in [-0.3, -0.25) is 4.79 Å². The van der Waals surface area contributed by atoms with Crippen molar-refractivity contribution in [2.45, 2.75) is 0 Å². The van der Waals surface area contributed by atoms with E-state index in [0.29, 0.717) is 13.1 Å². The van der Waals surface area contributed by atoms with Crippen LogP contribution in [0.2, 0.25) is 0 Å². The first-order valence-electron chi connectivity index (χ1n) is 11.6. The van der Waals surface area contributed by atoms with E-state index in [0.717, 1.165) is 62.3 Å². The van der Waals surface area contributed by atoms with Gasteiger partial charge < -0.3 is 14.5 Å². The van der Waals surface area contributed by atoms with Crippen LogP contribution < -0.4 is 9.64 Å². The zero-order chi connectivity index (χ0) is 23.8. The molecule has 0 aliphatic carbocycles.